The Hall–Kier alpha value is -6.65. The first kappa shape index (κ1) is 31.1. The van der Waals surface area contributed by atoms with Gasteiger partial charge in [-0.1, -0.05) is 87.5 Å². The predicted octanol–water partition coefficient (Wildman–Crippen LogP) is 13.2. The molecule has 0 atom stereocenters. The summed E-state index contributed by atoms with van der Waals surface area (Å²) in [6.07, 6.45) is 1.86. The van der Waals surface area contributed by atoms with Gasteiger partial charge in [0.15, 0.2) is 0 Å². The van der Waals surface area contributed by atoms with Crippen molar-refractivity contribution in [1.82, 2.24) is 14.1 Å². The molecule has 0 bridgehead atoms. The molecule has 10 rings (SSSR count). The second-order valence-corrected chi connectivity index (χ2v) is 15.0. The van der Waals surface area contributed by atoms with E-state index in [0.717, 1.165) is 39.3 Å². The third-order valence-corrected chi connectivity index (χ3v) is 10.7. The van der Waals surface area contributed by atoms with Gasteiger partial charge in [0, 0.05) is 61.6 Å². The van der Waals surface area contributed by atoms with Gasteiger partial charge in [0.25, 0.3) is 0 Å². The Bertz CT molecular complexity index is 2980. The molecular formula is C49H38N4. The zero-order valence-electron chi connectivity index (χ0n) is 30.0. The molecule has 0 saturated carbocycles. The smallest absolute Gasteiger partial charge is 0.0703 e. The lowest BCUT2D eigenvalue weighted by molar-refractivity contribution is 0.591. The quantitative estimate of drug-likeness (QED) is 0.181. The summed E-state index contributed by atoms with van der Waals surface area (Å²) in [6, 6.07) is 61.7. The van der Waals surface area contributed by atoms with Gasteiger partial charge in [0.05, 0.1) is 27.6 Å². The summed E-state index contributed by atoms with van der Waals surface area (Å²) in [5.41, 5.74) is 12.7. The summed E-state index contributed by atoms with van der Waals surface area (Å²) in [7, 11) is 0. The van der Waals surface area contributed by atoms with Crippen LogP contribution in [0.25, 0.3) is 65.9 Å². The van der Waals surface area contributed by atoms with Crippen molar-refractivity contribution >= 4 is 71.6 Å². The van der Waals surface area contributed by atoms with Crippen LogP contribution in [0.15, 0.2) is 176 Å². The number of hydrogen-bond acceptors (Lipinski definition) is 2. The van der Waals surface area contributed by atoms with Crippen molar-refractivity contribution in [2.24, 2.45) is 0 Å². The first-order valence-electron chi connectivity index (χ1n) is 18.3. The van der Waals surface area contributed by atoms with Gasteiger partial charge >= 0.3 is 0 Å². The van der Waals surface area contributed by atoms with E-state index < -0.39 is 0 Å². The number of nitrogens with zero attached hydrogens (tertiary/aromatic N) is 4. The van der Waals surface area contributed by atoms with Crippen LogP contribution < -0.4 is 4.90 Å². The second kappa shape index (κ2) is 12.0. The second-order valence-electron chi connectivity index (χ2n) is 15.0. The lowest BCUT2D eigenvalue weighted by Gasteiger charge is -2.26. The van der Waals surface area contributed by atoms with E-state index in [4.69, 9.17) is 0 Å². The van der Waals surface area contributed by atoms with Gasteiger partial charge in [-0.25, -0.2) is 0 Å². The molecule has 0 aliphatic rings. The molecule has 7 aromatic carbocycles. The van der Waals surface area contributed by atoms with Gasteiger partial charge in [0.2, 0.25) is 0 Å². The summed E-state index contributed by atoms with van der Waals surface area (Å²) < 4.78 is 4.77. The monoisotopic (exact) mass is 682 g/mol. The molecule has 0 spiro atoms. The van der Waals surface area contributed by atoms with E-state index in [1.165, 1.54) is 49.2 Å². The zero-order chi connectivity index (χ0) is 35.7. The Morgan fingerprint density at radius 1 is 0.434 bits per heavy atom. The van der Waals surface area contributed by atoms with E-state index >= 15 is 0 Å². The highest BCUT2D eigenvalue weighted by atomic mass is 15.1. The van der Waals surface area contributed by atoms with Crippen LogP contribution in [0.5, 0.6) is 0 Å². The average molecular weight is 683 g/mol. The molecule has 0 unspecified atom stereocenters. The normalized spacial score (nSPS) is 12.1. The van der Waals surface area contributed by atoms with Crippen LogP contribution in [0.3, 0.4) is 0 Å². The summed E-state index contributed by atoms with van der Waals surface area (Å²) in [4.78, 5) is 7.05. The van der Waals surface area contributed by atoms with Gasteiger partial charge in [-0.3, -0.25) is 4.98 Å². The number of benzene rings is 7. The van der Waals surface area contributed by atoms with E-state index in [9.17, 15) is 0 Å². The van der Waals surface area contributed by atoms with Gasteiger partial charge in [-0.2, -0.15) is 0 Å². The third-order valence-electron chi connectivity index (χ3n) is 10.7. The summed E-state index contributed by atoms with van der Waals surface area (Å²) in [5.74, 6) is 0. The van der Waals surface area contributed by atoms with E-state index in [2.05, 4.69) is 204 Å². The molecule has 0 saturated heterocycles. The van der Waals surface area contributed by atoms with Crippen molar-refractivity contribution in [3.8, 4) is 11.4 Å². The third kappa shape index (κ3) is 5.09. The van der Waals surface area contributed by atoms with Crippen LogP contribution in [0.2, 0.25) is 0 Å². The van der Waals surface area contributed by atoms with E-state index in [0.29, 0.717) is 0 Å². The van der Waals surface area contributed by atoms with E-state index in [1.807, 2.05) is 12.3 Å². The predicted molar refractivity (Wildman–Crippen MR) is 224 cm³/mol. The fraction of sp³-hybridized carbons (Fsp3) is 0.0816. The fourth-order valence-corrected chi connectivity index (χ4v) is 8.08. The first-order chi connectivity index (χ1) is 25.9. The zero-order valence-corrected chi connectivity index (χ0v) is 30.0. The Balaban J connectivity index is 1.25. The van der Waals surface area contributed by atoms with Crippen LogP contribution in [-0.2, 0) is 5.41 Å². The molecule has 4 nitrogen and oxygen atoms in total. The number of fused-ring (bicyclic) bond motifs is 7. The van der Waals surface area contributed by atoms with Crippen LogP contribution >= 0.6 is 0 Å². The Morgan fingerprint density at radius 2 is 0.943 bits per heavy atom. The summed E-state index contributed by atoms with van der Waals surface area (Å²) >= 11 is 0. The van der Waals surface area contributed by atoms with Gasteiger partial charge < -0.3 is 14.0 Å². The number of para-hydroxylation sites is 3. The molecule has 0 radical (unpaired) electrons. The number of anilines is 3. The van der Waals surface area contributed by atoms with Crippen molar-refractivity contribution in [1.29, 1.82) is 0 Å². The van der Waals surface area contributed by atoms with Crippen LogP contribution in [-0.4, -0.2) is 14.1 Å². The standard InChI is InChI=1S/C49H38N4/c1-49(2,3)34-20-25-46-41(30-34)43-32-39(23-27-48(43)53(46)36-16-8-5-9-17-36)51(37-21-24-44-33(29-37)13-12-28-50-44)38-22-26-47-42(31-38)40-18-10-11-19-45(40)52(47)35-14-6-4-7-15-35/h4-32H,1-3H3. The minimum absolute atomic E-state index is 0.0203. The number of rotatable bonds is 5. The molecule has 0 aliphatic heterocycles. The highest BCUT2D eigenvalue weighted by Gasteiger charge is 2.22. The molecule has 254 valence electrons. The summed E-state index contributed by atoms with van der Waals surface area (Å²) in [5, 5.41) is 6.02. The lowest BCUT2D eigenvalue weighted by Crippen LogP contribution is -2.10. The topological polar surface area (TPSA) is 26.0 Å². The Morgan fingerprint density at radius 3 is 1.58 bits per heavy atom. The molecule has 10 aromatic rings. The highest BCUT2D eigenvalue weighted by Crippen LogP contribution is 2.43. The molecule has 0 N–H and O–H groups in total. The molecule has 4 heteroatoms. The Kier molecular flexibility index (Phi) is 7.02. The lowest BCUT2D eigenvalue weighted by atomic mass is 9.86. The molecule has 0 aliphatic carbocycles. The number of aromatic nitrogens is 3. The molecule has 53 heavy (non-hydrogen) atoms. The van der Waals surface area contributed by atoms with Crippen molar-refractivity contribution in [2.75, 3.05) is 4.90 Å². The molecule has 3 aromatic heterocycles. The van der Waals surface area contributed by atoms with Crippen LogP contribution in [0.4, 0.5) is 17.1 Å². The molecule has 0 amide bonds. The maximum Gasteiger partial charge on any atom is 0.0703 e. The van der Waals surface area contributed by atoms with Crippen LogP contribution in [0.1, 0.15) is 26.3 Å². The van der Waals surface area contributed by atoms with Crippen molar-refractivity contribution in [2.45, 2.75) is 26.2 Å². The van der Waals surface area contributed by atoms with E-state index in [-0.39, 0.29) is 5.41 Å². The minimum Gasteiger partial charge on any atom is -0.310 e. The molecule has 0 fully saturated rings. The van der Waals surface area contributed by atoms with Crippen molar-refractivity contribution in [3.05, 3.63) is 182 Å². The van der Waals surface area contributed by atoms with Crippen molar-refractivity contribution in [3.63, 3.8) is 0 Å². The largest absolute Gasteiger partial charge is 0.310 e. The minimum atomic E-state index is 0.0203. The molecule has 3 heterocycles. The average Bonchev–Trinajstić information content (AvgIpc) is 3.70. The maximum absolute atomic E-state index is 4.64. The van der Waals surface area contributed by atoms with Crippen LogP contribution in [0, 0.1) is 0 Å². The van der Waals surface area contributed by atoms with E-state index in [1.54, 1.807) is 0 Å². The SMILES string of the molecule is CC(C)(C)c1ccc2c(c1)c1cc(N(c3ccc4ncccc4c3)c3ccc4c(c3)c3ccccc3n4-c3ccccc3)ccc1n2-c1ccccc1. The highest BCUT2D eigenvalue weighted by molar-refractivity contribution is 6.12. The van der Waals surface area contributed by atoms with Crippen molar-refractivity contribution < 1.29 is 0 Å². The molecular weight excluding hydrogens is 645 g/mol. The van der Waals surface area contributed by atoms with Gasteiger partial charge in [-0.05, 0) is 114 Å². The fourth-order valence-electron chi connectivity index (χ4n) is 8.08. The number of hydrogen-bond donors (Lipinski definition) is 0. The first-order valence-corrected chi connectivity index (χ1v) is 18.3. The van der Waals surface area contributed by atoms with Gasteiger partial charge in [-0.15, -0.1) is 0 Å². The summed E-state index contributed by atoms with van der Waals surface area (Å²) in [6.45, 7) is 6.87. The Labute approximate surface area is 308 Å². The number of pyridine rings is 1. The maximum atomic E-state index is 4.64. The van der Waals surface area contributed by atoms with Gasteiger partial charge in [0.1, 0.15) is 0 Å².